The zero-order valence-corrected chi connectivity index (χ0v) is 11.9. The van der Waals surface area contributed by atoms with E-state index in [9.17, 15) is 13.2 Å². The highest BCUT2D eigenvalue weighted by molar-refractivity contribution is 7.92. The lowest BCUT2D eigenvalue weighted by Gasteiger charge is -2.23. The van der Waals surface area contributed by atoms with Crippen LogP contribution in [0.3, 0.4) is 0 Å². The van der Waals surface area contributed by atoms with Gasteiger partial charge in [0.05, 0.1) is 11.9 Å². The van der Waals surface area contributed by atoms with Crippen LogP contribution in [-0.4, -0.2) is 46.1 Å². The molecule has 0 heterocycles. The van der Waals surface area contributed by atoms with E-state index in [0.717, 1.165) is 16.1 Å². The van der Waals surface area contributed by atoms with Gasteiger partial charge in [-0.15, -0.1) is 0 Å². The molecule has 0 saturated carbocycles. The van der Waals surface area contributed by atoms with Crippen molar-refractivity contribution in [3.63, 3.8) is 0 Å². The molecule has 0 fully saturated rings. The number of anilines is 1. The number of sulfonamides is 1. The minimum absolute atomic E-state index is 0.185. The normalized spacial score (nSPS) is 11.1. The highest BCUT2D eigenvalue weighted by atomic mass is 32.2. The van der Waals surface area contributed by atoms with Crippen LogP contribution in [0.15, 0.2) is 24.3 Å². The largest absolute Gasteiger partial charge is 0.347 e. The van der Waals surface area contributed by atoms with Gasteiger partial charge in [0, 0.05) is 14.1 Å². The number of likely N-dealkylation sites (N-methyl/N-ethyl adjacent to an activating group) is 1. The number of aryl methyl sites for hydroxylation is 1. The van der Waals surface area contributed by atoms with Crippen LogP contribution in [0.1, 0.15) is 5.56 Å². The first kappa shape index (κ1) is 14.5. The Morgan fingerprint density at radius 1 is 1.28 bits per heavy atom. The van der Waals surface area contributed by atoms with Crippen LogP contribution < -0.4 is 4.31 Å². The van der Waals surface area contributed by atoms with Crippen LogP contribution in [0, 0.1) is 6.92 Å². The Hall–Kier alpha value is -1.56. The Morgan fingerprint density at radius 3 is 2.33 bits per heavy atom. The monoisotopic (exact) mass is 270 g/mol. The fraction of sp³-hybridized carbons (Fsp3) is 0.417. The molecule has 0 aliphatic rings. The Kier molecular flexibility index (Phi) is 4.34. The van der Waals surface area contributed by atoms with Crippen molar-refractivity contribution in [1.82, 2.24) is 4.90 Å². The van der Waals surface area contributed by atoms with Crippen LogP contribution in [0.2, 0.25) is 0 Å². The van der Waals surface area contributed by atoms with Gasteiger partial charge in [0.15, 0.2) is 0 Å². The molecule has 6 heteroatoms. The molecular weight excluding hydrogens is 252 g/mol. The van der Waals surface area contributed by atoms with Crippen molar-refractivity contribution in [2.24, 2.45) is 0 Å². The maximum Gasteiger partial charge on any atom is 0.242 e. The van der Waals surface area contributed by atoms with E-state index < -0.39 is 10.0 Å². The number of rotatable bonds is 4. The van der Waals surface area contributed by atoms with Gasteiger partial charge in [-0.3, -0.25) is 9.10 Å². The van der Waals surface area contributed by atoms with E-state index >= 15 is 0 Å². The summed E-state index contributed by atoms with van der Waals surface area (Å²) in [6.45, 7) is 1.69. The third-order valence-corrected chi connectivity index (χ3v) is 3.61. The first-order valence-corrected chi connectivity index (χ1v) is 7.31. The van der Waals surface area contributed by atoms with Crippen LogP contribution in [-0.2, 0) is 14.8 Å². The Bertz CT molecular complexity index is 538. The number of hydrogen-bond donors (Lipinski definition) is 0. The predicted octanol–water partition coefficient (Wildman–Crippen LogP) is 0.849. The fourth-order valence-electron chi connectivity index (χ4n) is 1.45. The number of benzene rings is 1. The van der Waals surface area contributed by atoms with E-state index in [2.05, 4.69) is 0 Å². The van der Waals surface area contributed by atoms with Crippen molar-refractivity contribution in [3.8, 4) is 0 Å². The highest BCUT2D eigenvalue weighted by Crippen LogP contribution is 2.18. The SMILES string of the molecule is Cc1cccc(N(CC(=O)N(C)C)S(C)(=O)=O)c1. The lowest BCUT2D eigenvalue weighted by Crippen LogP contribution is -2.39. The van der Waals surface area contributed by atoms with Gasteiger partial charge >= 0.3 is 0 Å². The fourth-order valence-corrected chi connectivity index (χ4v) is 2.29. The van der Waals surface area contributed by atoms with Gasteiger partial charge in [0.25, 0.3) is 0 Å². The maximum atomic E-state index is 11.8. The van der Waals surface area contributed by atoms with Crippen molar-refractivity contribution in [1.29, 1.82) is 0 Å². The Morgan fingerprint density at radius 2 is 1.89 bits per heavy atom. The van der Waals surface area contributed by atoms with Gasteiger partial charge in [-0.1, -0.05) is 12.1 Å². The summed E-state index contributed by atoms with van der Waals surface area (Å²) >= 11 is 0. The number of carbonyl (C=O) groups excluding carboxylic acids is 1. The van der Waals surface area contributed by atoms with Gasteiger partial charge in [-0.05, 0) is 24.6 Å². The molecular formula is C12H18N2O3S. The van der Waals surface area contributed by atoms with E-state index in [1.54, 1.807) is 32.3 Å². The summed E-state index contributed by atoms with van der Waals surface area (Å²) in [5.74, 6) is -0.262. The average Bonchev–Trinajstić information content (AvgIpc) is 2.23. The molecule has 1 amide bonds. The molecule has 0 aliphatic carbocycles. The molecule has 100 valence electrons. The average molecular weight is 270 g/mol. The second-order valence-corrected chi connectivity index (χ2v) is 6.30. The van der Waals surface area contributed by atoms with Crippen molar-refractivity contribution in [2.45, 2.75) is 6.92 Å². The molecule has 1 aromatic rings. The van der Waals surface area contributed by atoms with E-state index in [-0.39, 0.29) is 12.5 Å². The lowest BCUT2D eigenvalue weighted by molar-refractivity contribution is -0.127. The third-order valence-electron chi connectivity index (χ3n) is 2.47. The molecule has 5 nitrogen and oxygen atoms in total. The number of hydrogen-bond acceptors (Lipinski definition) is 3. The van der Waals surface area contributed by atoms with Gasteiger partial charge in [0.2, 0.25) is 15.9 Å². The highest BCUT2D eigenvalue weighted by Gasteiger charge is 2.21. The molecule has 1 aromatic carbocycles. The number of nitrogens with zero attached hydrogens (tertiary/aromatic N) is 2. The predicted molar refractivity (Wildman–Crippen MR) is 72.1 cm³/mol. The van der Waals surface area contributed by atoms with Gasteiger partial charge in [-0.25, -0.2) is 8.42 Å². The summed E-state index contributed by atoms with van der Waals surface area (Å²) in [6.07, 6.45) is 1.10. The minimum Gasteiger partial charge on any atom is -0.347 e. The van der Waals surface area contributed by atoms with Gasteiger partial charge < -0.3 is 4.90 Å². The summed E-state index contributed by atoms with van der Waals surface area (Å²) in [5, 5.41) is 0. The Balaban J connectivity index is 3.12. The summed E-state index contributed by atoms with van der Waals surface area (Å²) in [4.78, 5) is 13.0. The zero-order valence-electron chi connectivity index (χ0n) is 11.0. The van der Waals surface area contributed by atoms with Crippen LogP contribution in [0.4, 0.5) is 5.69 Å². The van der Waals surface area contributed by atoms with Crippen molar-refractivity contribution in [3.05, 3.63) is 29.8 Å². The molecule has 0 radical (unpaired) electrons. The molecule has 0 N–H and O–H groups in total. The Labute approximate surface area is 108 Å². The second kappa shape index (κ2) is 5.39. The van der Waals surface area contributed by atoms with Crippen molar-refractivity contribution < 1.29 is 13.2 Å². The van der Waals surface area contributed by atoms with Crippen LogP contribution in [0.25, 0.3) is 0 Å². The van der Waals surface area contributed by atoms with E-state index in [0.29, 0.717) is 5.69 Å². The maximum absolute atomic E-state index is 11.8. The van der Waals surface area contributed by atoms with Crippen molar-refractivity contribution >= 4 is 21.6 Å². The first-order valence-electron chi connectivity index (χ1n) is 5.46. The molecule has 18 heavy (non-hydrogen) atoms. The smallest absolute Gasteiger partial charge is 0.242 e. The molecule has 0 atom stereocenters. The van der Waals surface area contributed by atoms with E-state index in [4.69, 9.17) is 0 Å². The number of amides is 1. The van der Waals surface area contributed by atoms with Gasteiger partial charge in [0.1, 0.15) is 6.54 Å². The molecule has 0 spiro atoms. The van der Waals surface area contributed by atoms with Gasteiger partial charge in [-0.2, -0.15) is 0 Å². The lowest BCUT2D eigenvalue weighted by atomic mass is 10.2. The zero-order chi connectivity index (χ0) is 13.9. The first-order chi connectivity index (χ1) is 8.21. The summed E-state index contributed by atoms with van der Waals surface area (Å²) < 4.78 is 24.6. The van der Waals surface area contributed by atoms with Crippen LogP contribution in [0.5, 0.6) is 0 Å². The molecule has 0 aliphatic heterocycles. The molecule has 0 unspecified atom stereocenters. The molecule has 1 rings (SSSR count). The summed E-state index contributed by atoms with van der Waals surface area (Å²) in [7, 11) is -0.285. The van der Waals surface area contributed by atoms with Crippen LogP contribution >= 0.6 is 0 Å². The minimum atomic E-state index is -3.48. The second-order valence-electron chi connectivity index (χ2n) is 4.40. The molecule has 0 aromatic heterocycles. The quantitative estimate of drug-likeness (QED) is 0.815. The summed E-state index contributed by atoms with van der Waals surface area (Å²) in [5.41, 5.74) is 1.45. The van der Waals surface area contributed by atoms with Crippen molar-refractivity contribution in [2.75, 3.05) is 31.2 Å². The summed E-state index contributed by atoms with van der Waals surface area (Å²) in [6, 6.07) is 7.06. The topological polar surface area (TPSA) is 57.7 Å². The van der Waals surface area contributed by atoms with E-state index in [1.165, 1.54) is 4.90 Å². The van der Waals surface area contributed by atoms with E-state index in [1.807, 2.05) is 13.0 Å². The third kappa shape index (κ3) is 3.73. The molecule has 0 saturated heterocycles. The number of carbonyl (C=O) groups is 1. The standard InChI is InChI=1S/C12H18N2O3S/c1-10-6-5-7-11(8-10)14(18(4,16)17)9-12(15)13(2)3/h5-8H,9H2,1-4H3. The molecule has 0 bridgehead atoms.